The second kappa shape index (κ2) is 12.5. The number of hydrogen-bond donors (Lipinski definition) is 3. The van der Waals surface area contributed by atoms with Crippen molar-refractivity contribution in [2.24, 2.45) is 0 Å². The fourth-order valence-electron chi connectivity index (χ4n) is 5.67. The van der Waals surface area contributed by atoms with Crippen molar-refractivity contribution in [3.63, 3.8) is 0 Å². The van der Waals surface area contributed by atoms with E-state index in [-0.39, 0.29) is 25.0 Å². The van der Waals surface area contributed by atoms with Crippen LogP contribution >= 0.6 is 11.6 Å². The number of carbonyl (C=O) groups is 4. The van der Waals surface area contributed by atoms with Crippen LogP contribution in [0.1, 0.15) is 34.5 Å². The Morgan fingerprint density at radius 3 is 2.27 bits per heavy atom. The van der Waals surface area contributed by atoms with Crippen molar-refractivity contribution >= 4 is 57.2 Å². The molecular formula is C35H31ClN4O5. The summed E-state index contributed by atoms with van der Waals surface area (Å²) in [7, 11) is 1.50. The first-order valence-electron chi connectivity index (χ1n) is 14.6. The maximum atomic E-state index is 13.6. The van der Waals surface area contributed by atoms with Crippen LogP contribution in [0.15, 0.2) is 89.3 Å². The van der Waals surface area contributed by atoms with E-state index in [0.717, 1.165) is 27.5 Å². The molecule has 2 unspecified atom stereocenters. The number of furan rings is 1. The number of nitrogens with one attached hydrogen (secondary N) is 3. The predicted octanol–water partition coefficient (Wildman–Crippen LogP) is 5.01. The minimum atomic E-state index is -1.07. The lowest BCUT2D eigenvalue weighted by Gasteiger charge is -2.28. The number of fused-ring (bicyclic) bond motifs is 2. The minimum absolute atomic E-state index is 0.166. The Balaban J connectivity index is 1.23. The van der Waals surface area contributed by atoms with Crippen LogP contribution in [0.3, 0.4) is 0 Å². The van der Waals surface area contributed by atoms with Crippen molar-refractivity contribution in [3.8, 4) is 11.1 Å². The zero-order valence-electron chi connectivity index (χ0n) is 24.7. The summed E-state index contributed by atoms with van der Waals surface area (Å²) in [5.41, 5.74) is 5.18. The molecule has 4 bridgehead atoms. The Labute approximate surface area is 264 Å². The smallest absolute Gasteiger partial charge is 0.251 e. The van der Waals surface area contributed by atoms with Crippen LogP contribution in [0.2, 0.25) is 5.02 Å². The van der Waals surface area contributed by atoms with Gasteiger partial charge in [0.25, 0.3) is 5.91 Å². The van der Waals surface area contributed by atoms with E-state index in [1.165, 1.54) is 11.9 Å². The average Bonchev–Trinajstić information content (AvgIpc) is 3.40. The van der Waals surface area contributed by atoms with Gasteiger partial charge in [0.2, 0.25) is 17.7 Å². The van der Waals surface area contributed by atoms with E-state index in [2.05, 4.69) is 16.0 Å². The minimum Gasteiger partial charge on any atom is -0.456 e. The highest BCUT2D eigenvalue weighted by Crippen LogP contribution is 2.33. The van der Waals surface area contributed by atoms with Crippen molar-refractivity contribution in [1.29, 1.82) is 0 Å². The van der Waals surface area contributed by atoms with E-state index >= 15 is 0 Å². The number of halogens is 1. The summed E-state index contributed by atoms with van der Waals surface area (Å²) in [5, 5.41) is 10.6. The number of likely N-dealkylation sites (N-methyl/N-ethyl adjacent to an activating group) is 1. The van der Waals surface area contributed by atoms with Crippen molar-refractivity contribution in [2.75, 3.05) is 20.1 Å². The van der Waals surface area contributed by atoms with Crippen LogP contribution in [-0.4, -0.2) is 54.7 Å². The lowest BCUT2D eigenvalue weighted by atomic mass is 9.99. The molecule has 5 aromatic rings. The van der Waals surface area contributed by atoms with Gasteiger partial charge in [-0.25, -0.2) is 0 Å². The highest BCUT2D eigenvalue weighted by molar-refractivity contribution is 6.30. The summed E-state index contributed by atoms with van der Waals surface area (Å²) < 4.78 is 6.04. The number of benzene rings is 4. The quantitative estimate of drug-likeness (QED) is 0.254. The van der Waals surface area contributed by atoms with Gasteiger partial charge >= 0.3 is 0 Å². The molecule has 1 aromatic heterocycles. The van der Waals surface area contributed by atoms with E-state index in [1.807, 2.05) is 55.5 Å². The average molecular weight is 623 g/mol. The monoisotopic (exact) mass is 622 g/mol. The lowest BCUT2D eigenvalue weighted by molar-refractivity contribution is -0.139. The molecule has 0 fully saturated rings. The molecule has 0 aliphatic carbocycles. The molecule has 3 N–H and O–H groups in total. The molecule has 2 atom stereocenters. The molecule has 228 valence electrons. The largest absolute Gasteiger partial charge is 0.456 e. The molecular weight excluding hydrogens is 592 g/mol. The van der Waals surface area contributed by atoms with Gasteiger partial charge in [0, 0.05) is 34.4 Å². The molecule has 45 heavy (non-hydrogen) atoms. The highest BCUT2D eigenvalue weighted by atomic mass is 35.5. The summed E-state index contributed by atoms with van der Waals surface area (Å²) in [6.07, 6.45) is 0.611. The normalized spacial score (nSPS) is 16.9. The van der Waals surface area contributed by atoms with Crippen molar-refractivity contribution < 1.29 is 23.6 Å². The Morgan fingerprint density at radius 1 is 0.911 bits per heavy atom. The van der Waals surface area contributed by atoms with Gasteiger partial charge in [0.05, 0.1) is 13.1 Å². The first-order chi connectivity index (χ1) is 21.7. The lowest BCUT2D eigenvalue weighted by Crippen LogP contribution is -2.48. The first kappa shape index (κ1) is 29.9. The highest BCUT2D eigenvalue weighted by Gasteiger charge is 2.30. The summed E-state index contributed by atoms with van der Waals surface area (Å²) >= 11 is 5.98. The predicted molar refractivity (Wildman–Crippen MR) is 173 cm³/mol. The van der Waals surface area contributed by atoms with Gasteiger partial charge in [0.1, 0.15) is 17.2 Å². The van der Waals surface area contributed by atoms with Gasteiger partial charge in [0.15, 0.2) is 0 Å². The van der Waals surface area contributed by atoms with Gasteiger partial charge in [-0.1, -0.05) is 48.0 Å². The number of hydrogen-bond acceptors (Lipinski definition) is 5. The van der Waals surface area contributed by atoms with E-state index in [0.29, 0.717) is 33.7 Å². The zero-order chi connectivity index (χ0) is 31.7. The molecule has 2 heterocycles. The number of amides is 4. The van der Waals surface area contributed by atoms with Crippen molar-refractivity contribution in [2.45, 2.75) is 25.4 Å². The van der Waals surface area contributed by atoms with Crippen molar-refractivity contribution in [3.05, 3.63) is 107 Å². The van der Waals surface area contributed by atoms with Gasteiger partial charge < -0.3 is 25.3 Å². The van der Waals surface area contributed by atoms with Gasteiger partial charge in [-0.05, 0) is 84.1 Å². The van der Waals surface area contributed by atoms with Crippen LogP contribution in [0.25, 0.3) is 33.1 Å². The second-order valence-electron chi connectivity index (χ2n) is 11.3. The van der Waals surface area contributed by atoms with Crippen molar-refractivity contribution in [1.82, 2.24) is 20.9 Å². The Hall–Kier alpha value is -5.15. The molecule has 1 aliphatic heterocycles. The summed E-state index contributed by atoms with van der Waals surface area (Å²) in [5.74, 6) is -1.78. The van der Waals surface area contributed by atoms with Gasteiger partial charge in [-0.15, -0.1) is 0 Å². The van der Waals surface area contributed by atoms with E-state index in [9.17, 15) is 19.2 Å². The van der Waals surface area contributed by atoms with Crippen LogP contribution in [0, 0.1) is 0 Å². The SMILES string of the molecule is CC1Cc2ccc3oc4ccc(cc4c3c2)C(N(C)C(=O)CNC(=O)c2ccc(-c3ccc(Cl)cc3)cc2)C(=O)NCC(=O)N1. The first-order valence-corrected chi connectivity index (χ1v) is 15.0. The van der Waals surface area contributed by atoms with Crippen LogP contribution in [0.4, 0.5) is 0 Å². The molecule has 0 saturated heterocycles. The number of rotatable bonds is 5. The van der Waals surface area contributed by atoms with Gasteiger partial charge in [-0.2, -0.15) is 0 Å². The summed E-state index contributed by atoms with van der Waals surface area (Å²) in [6.45, 7) is 1.32. The Morgan fingerprint density at radius 2 is 1.56 bits per heavy atom. The molecule has 10 heteroatoms. The van der Waals surface area contributed by atoms with Gasteiger partial charge in [-0.3, -0.25) is 19.2 Å². The molecule has 0 saturated carbocycles. The molecule has 4 amide bonds. The third-order valence-electron chi connectivity index (χ3n) is 8.00. The van der Waals surface area contributed by atoms with Crippen LogP contribution in [-0.2, 0) is 20.8 Å². The van der Waals surface area contributed by atoms with E-state index in [1.54, 1.807) is 36.4 Å². The van der Waals surface area contributed by atoms with Crippen LogP contribution < -0.4 is 16.0 Å². The standard InChI is InChI=1S/C35H31ClN4O5/c1-20-15-21-3-13-29-27(16-21)28-17-25(10-14-30(28)45-29)33(35(44)37-18-31(41)39-20)40(2)32(42)19-38-34(43)24-6-4-22(5-7-24)23-8-11-26(36)12-9-23/h3-14,16-17,20,33H,15,18-19H2,1-2H3,(H,37,44)(H,38,43)(H,39,41). The molecule has 0 radical (unpaired) electrons. The zero-order valence-corrected chi connectivity index (χ0v) is 25.5. The number of carbonyl (C=O) groups excluding carboxylic acids is 4. The molecule has 6 rings (SSSR count). The fraction of sp³-hybridized carbons (Fsp3) is 0.200. The van der Waals surface area contributed by atoms with E-state index in [4.69, 9.17) is 16.0 Å². The number of nitrogens with zero attached hydrogens (tertiary/aromatic N) is 1. The third kappa shape index (κ3) is 6.39. The maximum absolute atomic E-state index is 13.6. The third-order valence-corrected chi connectivity index (χ3v) is 8.25. The topological polar surface area (TPSA) is 121 Å². The Bertz CT molecular complexity index is 1930. The summed E-state index contributed by atoms with van der Waals surface area (Å²) in [4.78, 5) is 53.8. The Kier molecular flexibility index (Phi) is 8.28. The van der Waals surface area contributed by atoms with E-state index < -0.39 is 23.8 Å². The molecule has 1 aliphatic rings. The molecule has 0 spiro atoms. The second-order valence-corrected chi connectivity index (χ2v) is 11.7. The molecule has 4 aromatic carbocycles. The van der Waals surface area contributed by atoms with Crippen LogP contribution in [0.5, 0.6) is 0 Å². The summed E-state index contributed by atoms with van der Waals surface area (Å²) in [6, 6.07) is 24.4. The fourth-order valence-corrected chi connectivity index (χ4v) is 5.79. The maximum Gasteiger partial charge on any atom is 0.251 e. The molecule has 9 nitrogen and oxygen atoms in total.